The number of nitrogens with two attached hydrogens (primary N) is 1. The Morgan fingerprint density at radius 2 is 1.50 bits per heavy atom. The summed E-state index contributed by atoms with van der Waals surface area (Å²) in [5, 5.41) is 3.83. The van der Waals surface area contributed by atoms with E-state index in [2.05, 4.69) is 12.0 Å². The molecule has 0 saturated heterocycles. The van der Waals surface area contributed by atoms with E-state index < -0.39 is 10.1 Å². The van der Waals surface area contributed by atoms with Crippen LogP contribution in [0.15, 0.2) is 23.3 Å². The number of thiazole rings is 1. The van der Waals surface area contributed by atoms with Gasteiger partial charge in [-0.2, -0.15) is 13.5 Å². The first kappa shape index (κ1) is 34.1. The summed E-state index contributed by atoms with van der Waals surface area (Å²) in [5.41, 5.74) is 0.929. The van der Waals surface area contributed by atoms with Gasteiger partial charge in [-0.15, -0.1) is 0 Å². The predicted molar refractivity (Wildman–Crippen MR) is 148 cm³/mol. The summed E-state index contributed by atoms with van der Waals surface area (Å²) in [4.78, 5) is 0.611. The van der Waals surface area contributed by atoms with Gasteiger partial charge in [-0.1, -0.05) is 102 Å². The predicted octanol–water partition coefficient (Wildman–Crippen LogP) is 3.73. The molecule has 1 aromatic heterocycles. The monoisotopic (exact) mass is 567 g/mol. The number of aryl methyl sites for hydroxylation is 1. The Hall–Kier alpha value is 0.0564. The van der Waals surface area contributed by atoms with Gasteiger partial charge in [0.1, 0.15) is 5.75 Å². The second-order valence-electron chi connectivity index (χ2n) is 9.38. The number of unbranched alkanes of at least 4 members (excludes halogenated alkanes) is 13. The molecule has 0 bridgehead atoms. The van der Waals surface area contributed by atoms with Crippen LogP contribution in [-0.2, 0) is 16.7 Å². The van der Waals surface area contributed by atoms with Crippen molar-refractivity contribution in [1.29, 1.82) is 0 Å². The molecule has 2 aromatic rings. The van der Waals surface area contributed by atoms with E-state index in [4.69, 9.17) is 15.1 Å². The quantitative estimate of drug-likeness (QED) is 0.0834. The van der Waals surface area contributed by atoms with Gasteiger partial charge in [0.15, 0.2) is 0 Å². The smallest absolute Gasteiger partial charge is 1.00 e. The van der Waals surface area contributed by atoms with E-state index in [1.54, 1.807) is 0 Å². The van der Waals surface area contributed by atoms with Gasteiger partial charge in [0.25, 0.3) is 10.1 Å². The SMILES string of the molecule is CCCCCCCCCCCCCCCCOc1ccc2c(c1)sc(=NN)n2CCCS(=O)(=O)O.[H-].[K+]. The maximum absolute atomic E-state index is 11.0. The van der Waals surface area contributed by atoms with Gasteiger partial charge >= 0.3 is 51.4 Å². The van der Waals surface area contributed by atoms with E-state index in [9.17, 15) is 8.42 Å². The normalized spacial score (nSPS) is 12.2. The van der Waals surface area contributed by atoms with E-state index in [0.29, 0.717) is 18.0 Å². The number of nitrogens with zero attached hydrogens (tertiary/aromatic N) is 2. The molecule has 1 aromatic carbocycles. The van der Waals surface area contributed by atoms with Crippen LogP contribution in [0.2, 0.25) is 0 Å². The molecule has 10 heteroatoms. The number of ether oxygens (including phenoxy) is 1. The fourth-order valence-electron chi connectivity index (χ4n) is 4.35. The molecule has 0 unspecified atom stereocenters. The number of fused-ring (bicyclic) bond motifs is 1. The number of hydrogen-bond acceptors (Lipinski definition) is 6. The molecule has 3 N–H and O–H groups in total. The Morgan fingerprint density at radius 3 is 2.03 bits per heavy atom. The molecule has 0 aliphatic heterocycles. The first-order valence-electron chi connectivity index (χ1n) is 13.4. The molecular formula is C26H46KN3O4S2. The van der Waals surface area contributed by atoms with Gasteiger partial charge in [-0.25, -0.2) is 0 Å². The summed E-state index contributed by atoms with van der Waals surface area (Å²) in [6.07, 6.45) is 19.0. The molecule has 2 rings (SSSR count). The Labute approximate surface area is 265 Å². The van der Waals surface area contributed by atoms with E-state index in [1.807, 2.05) is 22.8 Å². The van der Waals surface area contributed by atoms with Crippen LogP contribution in [0.4, 0.5) is 0 Å². The molecule has 7 nitrogen and oxygen atoms in total. The van der Waals surface area contributed by atoms with Crippen molar-refractivity contribution in [2.45, 2.75) is 110 Å². The average molecular weight is 568 g/mol. The van der Waals surface area contributed by atoms with Gasteiger partial charge in [0.05, 0.1) is 22.6 Å². The first-order valence-corrected chi connectivity index (χ1v) is 15.8. The van der Waals surface area contributed by atoms with E-state index >= 15 is 0 Å². The molecule has 36 heavy (non-hydrogen) atoms. The average Bonchev–Trinajstić information content (AvgIpc) is 3.17. The molecule has 0 aliphatic carbocycles. The van der Waals surface area contributed by atoms with Crippen LogP contribution in [0.3, 0.4) is 0 Å². The van der Waals surface area contributed by atoms with Gasteiger partial charge < -0.3 is 16.6 Å². The number of hydrogen-bond donors (Lipinski definition) is 2. The molecule has 0 aliphatic rings. The third-order valence-corrected chi connectivity index (χ3v) is 8.18. The van der Waals surface area contributed by atoms with Gasteiger partial charge in [0.2, 0.25) is 4.80 Å². The standard InChI is InChI=1S/C26H45N3O4S2.K.H/c1-2-3-4-5-6-7-8-9-10-11-12-13-14-15-20-33-23-17-18-24-25(22-23)34-26(28-27)29(24)19-16-21-35(30,31)32;;/h17-18,22H,2-16,19-21,27H2,1H3,(H,30,31,32);;/q;+1;-1. The summed E-state index contributed by atoms with van der Waals surface area (Å²) in [5.74, 6) is 6.06. The van der Waals surface area contributed by atoms with Gasteiger partial charge in [-0.05, 0) is 31.0 Å². The van der Waals surface area contributed by atoms with Crippen molar-refractivity contribution in [2.24, 2.45) is 10.9 Å². The largest absolute Gasteiger partial charge is 1.00 e. The second-order valence-corrected chi connectivity index (χ2v) is 12.0. The van der Waals surface area contributed by atoms with Crippen molar-refractivity contribution in [3.8, 4) is 5.75 Å². The summed E-state index contributed by atoms with van der Waals surface area (Å²) < 4.78 is 39.7. The molecule has 0 saturated carbocycles. The number of aromatic nitrogens is 1. The van der Waals surface area contributed by atoms with E-state index in [-0.39, 0.29) is 65.0 Å². The molecule has 202 valence electrons. The van der Waals surface area contributed by atoms with Crippen LogP contribution in [0.25, 0.3) is 10.2 Å². The fourth-order valence-corrected chi connectivity index (χ4v) is 5.85. The maximum atomic E-state index is 11.0. The maximum Gasteiger partial charge on any atom is 1.00 e. The summed E-state index contributed by atoms with van der Waals surface area (Å²) in [6, 6.07) is 5.87. The topological polar surface area (TPSA) is 107 Å². The van der Waals surface area contributed by atoms with Crippen molar-refractivity contribution >= 4 is 31.7 Å². The van der Waals surface area contributed by atoms with Crippen molar-refractivity contribution in [3.05, 3.63) is 23.0 Å². The van der Waals surface area contributed by atoms with Crippen molar-refractivity contribution in [2.75, 3.05) is 12.4 Å². The third-order valence-electron chi connectivity index (χ3n) is 6.32. The van der Waals surface area contributed by atoms with E-state index in [1.165, 1.54) is 94.8 Å². The van der Waals surface area contributed by atoms with Crippen LogP contribution in [-0.4, -0.2) is 29.9 Å². The summed E-state index contributed by atoms with van der Waals surface area (Å²) in [7, 11) is -3.98. The van der Waals surface area contributed by atoms with Crippen molar-refractivity contribution < 1.29 is 70.5 Å². The zero-order valence-electron chi connectivity index (χ0n) is 23.4. The number of rotatable bonds is 20. The van der Waals surface area contributed by atoms with Crippen molar-refractivity contribution in [3.63, 3.8) is 0 Å². The molecule has 0 fully saturated rings. The van der Waals surface area contributed by atoms with Crippen LogP contribution in [0, 0.1) is 0 Å². The van der Waals surface area contributed by atoms with E-state index in [0.717, 1.165) is 22.4 Å². The molecule has 0 amide bonds. The molecular weight excluding hydrogens is 522 g/mol. The Kier molecular flexibility index (Phi) is 19.0. The Balaban J connectivity index is 0.00000648. The van der Waals surface area contributed by atoms with Crippen LogP contribution < -0.4 is 66.8 Å². The van der Waals surface area contributed by atoms with Crippen LogP contribution in [0.1, 0.15) is 105 Å². The Morgan fingerprint density at radius 1 is 0.944 bits per heavy atom. The Bertz CT molecular complexity index is 1030. The minimum Gasteiger partial charge on any atom is -1.00 e. The van der Waals surface area contributed by atoms with Crippen LogP contribution in [0.5, 0.6) is 5.75 Å². The zero-order chi connectivity index (χ0) is 25.4. The van der Waals surface area contributed by atoms with Gasteiger partial charge in [-0.3, -0.25) is 4.55 Å². The third kappa shape index (κ3) is 14.3. The molecule has 0 atom stereocenters. The fraction of sp³-hybridized carbons (Fsp3) is 0.731. The molecule has 1 heterocycles. The first-order chi connectivity index (χ1) is 16.9. The van der Waals surface area contributed by atoms with Crippen molar-refractivity contribution in [1.82, 2.24) is 4.57 Å². The van der Waals surface area contributed by atoms with Gasteiger partial charge in [0, 0.05) is 6.54 Å². The minimum absolute atomic E-state index is 0. The summed E-state index contributed by atoms with van der Waals surface area (Å²) in [6.45, 7) is 3.39. The summed E-state index contributed by atoms with van der Waals surface area (Å²) >= 11 is 1.44. The molecule has 0 radical (unpaired) electrons. The minimum atomic E-state index is -3.98. The number of benzene rings is 1. The van der Waals surface area contributed by atoms with Crippen LogP contribution >= 0.6 is 11.3 Å². The zero-order valence-corrected chi connectivity index (χ0v) is 27.2. The second kappa shape index (κ2) is 20.0. The molecule has 0 spiro atoms.